The van der Waals surface area contributed by atoms with Crippen molar-refractivity contribution in [2.24, 2.45) is 0 Å². The van der Waals surface area contributed by atoms with Crippen molar-refractivity contribution in [2.75, 3.05) is 0 Å². The maximum absolute atomic E-state index is 12.0. The molecule has 120 valence electrons. The Kier molecular flexibility index (Phi) is 4.82. The van der Waals surface area contributed by atoms with Crippen molar-refractivity contribution < 1.29 is 19.1 Å². The van der Waals surface area contributed by atoms with Crippen LogP contribution in [-0.4, -0.2) is 17.1 Å². The third kappa shape index (κ3) is 3.93. The van der Waals surface area contributed by atoms with Gasteiger partial charge in [-0.15, -0.1) is 0 Å². The maximum Gasteiger partial charge on any atom is 0.343 e. The van der Waals surface area contributed by atoms with Crippen molar-refractivity contribution in [3.8, 4) is 5.75 Å². The molecule has 0 bridgehead atoms. The van der Waals surface area contributed by atoms with Crippen LogP contribution in [-0.2, 0) is 4.79 Å². The number of halogens is 1. The minimum atomic E-state index is -0.454. The first kappa shape index (κ1) is 16.5. The van der Waals surface area contributed by atoms with E-state index in [0.717, 1.165) is 21.8 Å². The molecule has 0 unspecified atom stereocenters. The lowest BCUT2D eigenvalue weighted by atomic mass is 10.2. The molecule has 5 nitrogen and oxygen atoms in total. The molecule has 0 radical (unpaired) electrons. The van der Waals surface area contributed by atoms with Crippen molar-refractivity contribution >= 4 is 50.9 Å². The first-order valence-electron chi connectivity index (χ1n) is 6.84. The zero-order valence-corrected chi connectivity index (χ0v) is 14.5. The minimum Gasteiger partial charge on any atom is -0.423 e. The molecule has 2 amide bonds. The molecule has 0 atom stereocenters. The molecule has 3 rings (SSSR count). The summed E-state index contributed by atoms with van der Waals surface area (Å²) in [4.78, 5) is 35.0. The number of imide groups is 1. The number of carbonyl (C=O) groups is 3. The predicted molar refractivity (Wildman–Crippen MR) is 94.6 cm³/mol. The summed E-state index contributed by atoms with van der Waals surface area (Å²) >= 11 is 4.16. The van der Waals surface area contributed by atoms with E-state index in [1.807, 2.05) is 0 Å². The number of carbonyl (C=O) groups excluding carboxylic acids is 3. The number of benzene rings is 2. The molecular weight excluding hydrogens is 394 g/mol. The van der Waals surface area contributed by atoms with E-state index in [1.165, 1.54) is 0 Å². The van der Waals surface area contributed by atoms with Gasteiger partial charge in [0.25, 0.3) is 11.1 Å². The van der Waals surface area contributed by atoms with Gasteiger partial charge < -0.3 is 4.74 Å². The van der Waals surface area contributed by atoms with Crippen LogP contribution in [0, 0.1) is 0 Å². The molecule has 1 N–H and O–H groups in total. The average molecular weight is 404 g/mol. The van der Waals surface area contributed by atoms with E-state index in [2.05, 4.69) is 21.2 Å². The van der Waals surface area contributed by atoms with E-state index in [9.17, 15) is 14.4 Å². The predicted octanol–water partition coefficient (Wildman–Crippen LogP) is 3.99. The van der Waals surface area contributed by atoms with Crippen LogP contribution in [0.2, 0.25) is 0 Å². The quantitative estimate of drug-likeness (QED) is 0.476. The number of nitrogens with one attached hydrogen (secondary N) is 1. The van der Waals surface area contributed by atoms with E-state index < -0.39 is 11.9 Å². The van der Waals surface area contributed by atoms with Crippen LogP contribution < -0.4 is 10.1 Å². The highest BCUT2D eigenvalue weighted by Crippen LogP contribution is 2.26. The van der Waals surface area contributed by atoms with Gasteiger partial charge in [-0.3, -0.25) is 14.9 Å². The number of ether oxygens (including phenoxy) is 1. The molecule has 0 aliphatic carbocycles. The summed E-state index contributed by atoms with van der Waals surface area (Å²) in [7, 11) is 0. The largest absolute Gasteiger partial charge is 0.423 e. The number of amides is 2. The Morgan fingerprint density at radius 3 is 2.29 bits per heavy atom. The van der Waals surface area contributed by atoms with Gasteiger partial charge in [0.2, 0.25) is 0 Å². The molecule has 1 heterocycles. The Bertz CT molecular complexity index is 844. The van der Waals surface area contributed by atoms with Gasteiger partial charge in [0.15, 0.2) is 0 Å². The normalized spacial score (nSPS) is 15.5. The second-order valence-corrected chi connectivity index (χ2v) is 6.75. The molecule has 1 aliphatic rings. The molecule has 1 aliphatic heterocycles. The van der Waals surface area contributed by atoms with Crippen molar-refractivity contribution in [3.63, 3.8) is 0 Å². The molecule has 24 heavy (non-hydrogen) atoms. The summed E-state index contributed by atoms with van der Waals surface area (Å²) in [5.41, 5.74) is 1.17. The van der Waals surface area contributed by atoms with Crippen molar-refractivity contribution in [1.29, 1.82) is 0 Å². The third-order valence-corrected chi connectivity index (χ3v) is 4.45. The molecule has 7 heteroatoms. The molecule has 2 aromatic rings. The van der Waals surface area contributed by atoms with Gasteiger partial charge in [-0.1, -0.05) is 28.1 Å². The smallest absolute Gasteiger partial charge is 0.343 e. The second kappa shape index (κ2) is 7.02. The maximum atomic E-state index is 12.0. The number of hydrogen-bond acceptors (Lipinski definition) is 5. The van der Waals surface area contributed by atoms with Gasteiger partial charge in [-0.05, 0) is 59.8 Å². The fourth-order valence-corrected chi connectivity index (χ4v) is 2.90. The highest BCUT2D eigenvalue weighted by molar-refractivity contribution is 9.10. The summed E-state index contributed by atoms with van der Waals surface area (Å²) in [5.74, 6) is -0.467. The number of rotatable bonds is 3. The fourth-order valence-electron chi connectivity index (χ4n) is 1.96. The van der Waals surface area contributed by atoms with Gasteiger partial charge in [0.05, 0.1) is 10.5 Å². The van der Waals surface area contributed by atoms with Crippen molar-refractivity contribution in [1.82, 2.24) is 5.32 Å². The SMILES string of the molecule is O=C1NC(=O)/C(=C/c2ccc(OC(=O)c3ccc(Br)cc3)cc2)S1. The Hall–Kier alpha value is -2.38. The van der Waals surface area contributed by atoms with Gasteiger partial charge in [-0.25, -0.2) is 4.79 Å². The lowest BCUT2D eigenvalue weighted by Crippen LogP contribution is -2.17. The molecule has 2 aromatic carbocycles. The number of thioether (sulfide) groups is 1. The van der Waals surface area contributed by atoms with E-state index in [-0.39, 0.29) is 5.24 Å². The Labute approximate surface area is 150 Å². The molecule has 1 fully saturated rings. The lowest BCUT2D eigenvalue weighted by molar-refractivity contribution is -0.115. The van der Waals surface area contributed by atoms with E-state index in [4.69, 9.17) is 4.74 Å². The van der Waals surface area contributed by atoms with Crippen LogP contribution >= 0.6 is 27.7 Å². The first-order chi connectivity index (χ1) is 11.5. The van der Waals surface area contributed by atoms with Gasteiger partial charge >= 0.3 is 5.97 Å². The van der Waals surface area contributed by atoms with Crippen LogP contribution in [0.3, 0.4) is 0 Å². The van der Waals surface area contributed by atoms with Crippen LogP contribution in [0.1, 0.15) is 15.9 Å². The van der Waals surface area contributed by atoms with Crippen molar-refractivity contribution in [3.05, 3.63) is 69.0 Å². The summed E-state index contributed by atoms with van der Waals surface area (Å²) in [6.07, 6.45) is 1.60. The van der Waals surface area contributed by atoms with Crippen LogP contribution in [0.25, 0.3) is 6.08 Å². The zero-order valence-electron chi connectivity index (χ0n) is 12.1. The second-order valence-electron chi connectivity index (χ2n) is 4.82. The molecule has 0 saturated carbocycles. The monoisotopic (exact) mass is 403 g/mol. The van der Waals surface area contributed by atoms with Gasteiger partial charge in [0.1, 0.15) is 5.75 Å². The zero-order chi connectivity index (χ0) is 17.1. The third-order valence-electron chi connectivity index (χ3n) is 3.11. The van der Waals surface area contributed by atoms with Crippen LogP contribution in [0.4, 0.5) is 4.79 Å². The topological polar surface area (TPSA) is 72.5 Å². The Morgan fingerprint density at radius 2 is 1.71 bits per heavy atom. The van der Waals surface area contributed by atoms with Crippen molar-refractivity contribution in [2.45, 2.75) is 0 Å². The average Bonchev–Trinajstić information content (AvgIpc) is 2.87. The number of hydrogen-bond donors (Lipinski definition) is 1. The Morgan fingerprint density at radius 1 is 1.04 bits per heavy atom. The first-order valence-corrected chi connectivity index (χ1v) is 8.45. The van der Waals surface area contributed by atoms with E-state index in [1.54, 1.807) is 54.6 Å². The van der Waals surface area contributed by atoms with Gasteiger partial charge in [0, 0.05) is 4.47 Å². The molecule has 0 spiro atoms. The summed E-state index contributed by atoms with van der Waals surface area (Å²) in [5, 5.41) is 1.81. The van der Waals surface area contributed by atoms with E-state index >= 15 is 0 Å². The fraction of sp³-hybridized carbons (Fsp3) is 0. The van der Waals surface area contributed by atoms with Crippen LogP contribution in [0.15, 0.2) is 57.9 Å². The highest BCUT2D eigenvalue weighted by atomic mass is 79.9. The lowest BCUT2D eigenvalue weighted by Gasteiger charge is -2.05. The summed E-state index contributed by atoms with van der Waals surface area (Å²) in [6.45, 7) is 0. The minimum absolute atomic E-state index is 0.333. The van der Waals surface area contributed by atoms with Gasteiger partial charge in [-0.2, -0.15) is 0 Å². The Balaban J connectivity index is 1.69. The summed E-state index contributed by atoms with van der Waals surface area (Å²) < 4.78 is 6.17. The molecule has 0 aromatic heterocycles. The molecular formula is C17H10BrNO4S. The number of esters is 1. The molecule has 1 saturated heterocycles. The van der Waals surface area contributed by atoms with E-state index in [0.29, 0.717) is 16.2 Å². The standard InChI is InChI=1S/C17H10BrNO4S/c18-12-5-3-11(4-6-12)16(21)23-13-7-1-10(2-8-13)9-14-15(20)19-17(22)24-14/h1-9H,(H,19,20,22)/b14-9-. The van der Waals surface area contributed by atoms with Crippen LogP contribution in [0.5, 0.6) is 5.75 Å². The highest BCUT2D eigenvalue weighted by Gasteiger charge is 2.24. The summed E-state index contributed by atoms with van der Waals surface area (Å²) in [6, 6.07) is 13.5.